The first-order valence-electron chi connectivity index (χ1n) is 6.62. The van der Waals surface area contributed by atoms with Crippen molar-refractivity contribution in [3.05, 3.63) is 30.3 Å². The fourth-order valence-corrected chi connectivity index (χ4v) is 1.85. The molecule has 6 heteroatoms. The van der Waals surface area contributed by atoms with Gasteiger partial charge >= 0.3 is 12.0 Å². The average molecular weight is 278 g/mol. The van der Waals surface area contributed by atoms with Crippen molar-refractivity contribution >= 4 is 12.0 Å². The van der Waals surface area contributed by atoms with Gasteiger partial charge in [-0.1, -0.05) is 18.2 Å². The molecule has 0 saturated heterocycles. The van der Waals surface area contributed by atoms with E-state index in [-0.39, 0.29) is 5.92 Å². The molecule has 0 aromatic heterocycles. The molecule has 3 N–H and O–H groups in total. The largest absolute Gasteiger partial charge is 0.492 e. The van der Waals surface area contributed by atoms with Crippen molar-refractivity contribution in [2.24, 2.45) is 5.92 Å². The lowest BCUT2D eigenvalue weighted by atomic mass is 10.2. The van der Waals surface area contributed by atoms with Gasteiger partial charge in [0, 0.05) is 0 Å². The van der Waals surface area contributed by atoms with E-state index in [2.05, 4.69) is 10.6 Å². The van der Waals surface area contributed by atoms with Crippen molar-refractivity contribution in [3.8, 4) is 5.75 Å². The van der Waals surface area contributed by atoms with Gasteiger partial charge in [0.25, 0.3) is 0 Å². The number of nitrogens with one attached hydrogen (secondary N) is 2. The number of para-hydroxylation sites is 1. The molecule has 108 valence electrons. The molecule has 1 aliphatic rings. The molecular weight excluding hydrogens is 260 g/mol. The summed E-state index contributed by atoms with van der Waals surface area (Å²) in [6.07, 6.45) is 1.71. The normalized spacial score (nSPS) is 15.2. The number of amides is 2. The zero-order chi connectivity index (χ0) is 14.4. The van der Waals surface area contributed by atoms with Crippen LogP contribution in [0.25, 0.3) is 0 Å². The minimum Gasteiger partial charge on any atom is -0.492 e. The second-order valence-electron chi connectivity index (χ2n) is 4.72. The van der Waals surface area contributed by atoms with Crippen LogP contribution in [0.15, 0.2) is 30.3 Å². The van der Waals surface area contributed by atoms with Crippen LogP contribution < -0.4 is 15.4 Å². The van der Waals surface area contributed by atoms with Gasteiger partial charge in [0.05, 0.1) is 6.54 Å². The highest BCUT2D eigenvalue weighted by atomic mass is 16.5. The standard InChI is InChI=1S/C14H18N2O4/c17-13(18)12(10-6-7-10)16-14(19)15-8-9-20-11-4-2-1-3-5-11/h1-5,10,12H,6-9H2,(H,17,18)(H2,15,16,19). The molecule has 1 aliphatic carbocycles. The highest BCUT2D eigenvalue weighted by molar-refractivity contribution is 5.83. The minimum absolute atomic E-state index is 0.0684. The van der Waals surface area contributed by atoms with Crippen LogP contribution in [0.2, 0.25) is 0 Å². The van der Waals surface area contributed by atoms with Gasteiger partial charge in [-0.25, -0.2) is 9.59 Å². The number of rotatable bonds is 7. The molecule has 1 aromatic rings. The van der Waals surface area contributed by atoms with Crippen molar-refractivity contribution in [1.29, 1.82) is 0 Å². The maximum absolute atomic E-state index is 11.6. The number of carbonyl (C=O) groups excluding carboxylic acids is 1. The van der Waals surface area contributed by atoms with Gasteiger partial charge < -0.3 is 20.5 Å². The van der Waals surface area contributed by atoms with Gasteiger partial charge in [-0.05, 0) is 30.9 Å². The molecule has 2 amide bonds. The molecule has 1 atom stereocenters. The summed E-state index contributed by atoms with van der Waals surface area (Å²) in [6.45, 7) is 0.649. The zero-order valence-corrected chi connectivity index (χ0v) is 11.0. The Hall–Kier alpha value is -2.24. The van der Waals surface area contributed by atoms with E-state index in [0.717, 1.165) is 18.6 Å². The number of carbonyl (C=O) groups is 2. The van der Waals surface area contributed by atoms with Crippen LogP contribution in [0.1, 0.15) is 12.8 Å². The molecular formula is C14H18N2O4. The second kappa shape index (κ2) is 6.79. The summed E-state index contributed by atoms with van der Waals surface area (Å²) in [7, 11) is 0. The van der Waals surface area contributed by atoms with Gasteiger partial charge in [-0.3, -0.25) is 0 Å². The lowest BCUT2D eigenvalue weighted by Gasteiger charge is -2.14. The summed E-state index contributed by atoms with van der Waals surface area (Å²) >= 11 is 0. The maximum Gasteiger partial charge on any atom is 0.326 e. The van der Waals surface area contributed by atoms with E-state index in [1.54, 1.807) is 0 Å². The Morgan fingerprint density at radius 3 is 2.60 bits per heavy atom. The van der Waals surface area contributed by atoms with Crippen molar-refractivity contribution in [1.82, 2.24) is 10.6 Å². The molecule has 0 aliphatic heterocycles. The minimum atomic E-state index is -0.983. The molecule has 0 bridgehead atoms. The van der Waals surface area contributed by atoms with E-state index >= 15 is 0 Å². The second-order valence-corrected chi connectivity index (χ2v) is 4.72. The predicted molar refractivity (Wildman–Crippen MR) is 72.6 cm³/mol. The van der Waals surface area contributed by atoms with Gasteiger partial charge in [0.2, 0.25) is 0 Å². The number of aliphatic carboxylic acids is 1. The monoisotopic (exact) mass is 278 g/mol. The number of hydrogen-bond acceptors (Lipinski definition) is 3. The van der Waals surface area contributed by atoms with Crippen molar-refractivity contribution < 1.29 is 19.4 Å². The van der Waals surface area contributed by atoms with Crippen LogP contribution >= 0.6 is 0 Å². The highest BCUT2D eigenvalue weighted by Gasteiger charge is 2.37. The molecule has 2 rings (SSSR count). The Labute approximate surface area is 117 Å². The van der Waals surface area contributed by atoms with E-state index in [4.69, 9.17) is 9.84 Å². The summed E-state index contributed by atoms with van der Waals surface area (Å²) in [5.41, 5.74) is 0. The number of hydrogen-bond donors (Lipinski definition) is 3. The molecule has 1 unspecified atom stereocenters. The molecule has 1 aromatic carbocycles. The Morgan fingerprint density at radius 2 is 2.00 bits per heavy atom. The third-order valence-corrected chi connectivity index (χ3v) is 3.05. The third-order valence-electron chi connectivity index (χ3n) is 3.05. The Bertz CT molecular complexity index is 460. The van der Waals surface area contributed by atoms with E-state index < -0.39 is 18.0 Å². The van der Waals surface area contributed by atoms with Gasteiger partial charge in [0.1, 0.15) is 18.4 Å². The summed E-state index contributed by atoms with van der Waals surface area (Å²) in [5, 5.41) is 14.0. The van der Waals surface area contributed by atoms with E-state index in [9.17, 15) is 9.59 Å². The molecule has 0 heterocycles. The van der Waals surface area contributed by atoms with Gasteiger partial charge in [-0.2, -0.15) is 0 Å². The molecule has 0 spiro atoms. The van der Waals surface area contributed by atoms with Crippen molar-refractivity contribution in [2.45, 2.75) is 18.9 Å². The summed E-state index contributed by atoms with van der Waals surface area (Å²) in [6, 6.07) is 8.01. The summed E-state index contributed by atoms with van der Waals surface area (Å²) in [5.74, 6) is -0.182. The average Bonchev–Trinajstić information content (AvgIpc) is 3.26. The summed E-state index contributed by atoms with van der Waals surface area (Å²) in [4.78, 5) is 22.5. The molecule has 1 fully saturated rings. The van der Waals surface area contributed by atoms with Crippen LogP contribution in [-0.2, 0) is 4.79 Å². The van der Waals surface area contributed by atoms with Crippen LogP contribution in [0, 0.1) is 5.92 Å². The number of carboxylic acid groups (broad SMARTS) is 1. The Kier molecular flexibility index (Phi) is 4.81. The molecule has 1 saturated carbocycles. The summed E-state index contributed by atoms with van der Waals surface area (Å²) < 4.78 is 5.41. The van der Waals surface area contributed by atoms with Crippen molar-refractivity contribution in [3.63, 3.8) is 0 Å². The quantitative estimate of drug-likeness (QED) is 0.655. The Morgan fingerprint density at radius 1 is 1.30 bits per heavy atom. The number of ether oxygens (including phenoxy) is 1. The Balaban J connectivity index is 1.63. The van der Waals surface area contributed by atoms with Crippen LogP contribution in [0.5, 0.6) is 5.75 Å². The van der Waals surface area contributed by atoms with Gasteiger partial charge in [0.15, 0.2) is 0 Å². The molecule has 0 radical (unpaired) electrons. The highest BCUT2D eigenvalue weighted by Crippen LogP contribution is 2.32. The first-order valence-corrected chi connectivity index (χ1v) is 6.62. The molecule has 6 nitrogen and oxygen atoms in total. The van der Waals surface area contributed by atoms with Crippen molar-refractivity contribution in [2.75, 3.05) is 13.2 Å². The van der Waals surface area contributed by atoms with Crippen LogP contribution in [-0.4, -0.2) is 36.3 Å². The number of carboxylic acids is 1. The zero-order valence-electron chi connectivity index (χ0n) is 11.0. The first kappa shape index (κ1) is 14.2. The topological polar surface area (TPSA) is 87.7 Å². The lowest BCUT2D eigenvalue weighted by Crippen LogP contribution is -2.47. The fraction of sp³-hybridized carbons (Fsp3) is 0.429. The fourth-order valence-electron chi connectivity index (χ4n) is 1.85. The predicted octanol–water partition coefficient (Wildman–Crippen LogP) is 1.23. The third kappa shape index (κ3) is 4.46. The molecule has 20 heavy (non-hydrogen) atoms. The SMILES string of the molecule is O=C(NCCOc1ccccc1)NC(C(=O)O)C1CC1. The smallest absolute Gasteiger partial charge is 0.326 e. The van der Waals surface area contributed by atoms with E-state index in [0.29, 0.717) is 13.2 Å². The lowest BCUT2D eigenvalue weighted by molar-refractivity contribution is -0.139. The van der Waals surface area contributed by atoms with E-state index in [1.165, 1.54) is 0 Å². The van der Waals surface area contributed by atoms with Crippen LogP contribution in [0.3, 0.4) is 0 Å². The van der Waals surface area contributed by atoms with Crippen LogP contribution in [0.4, 0.5) is 4.79 Å². The first-order chi connectivity index (χ1) is 9.66. The van der Waals surface area contributed by atoms with Gasteiger partial charge in [-0.15, -0.1) is 0 Å². The maximum atomic E-state index is 11.6. The number of urea groups is 1. The van der Waals surface area contributed by atoms with E-state index in [1.807, 2.05) is 30.3 Å². The number of benzene rings is 1.